The molecule has 1 aromatic heterocycles. The molecule has 1 heterocycles. The third kappa shape index (κ3) is 3.50. The highest BCUT2D eigenvalue weighted by Gasteiger charge is 2.29. The Bertz CT molecular complexity index is 463. The highest BCUT2D eigenvalue weighted by molar-refractivity contribution is 7.99. The van der Waals surface area contributed by atoms with Gasteiger partial charge in [0.15, 0.2) is 5.16 Å². The first-order valence-corrected chi connectivity index (χ1v) is 6.70. The molecule has 1 atom stereocenters. The molecule has 0 aliphatic carbocycles. The highest BCUT2D eigenvalue weighted by Crippen LogP contribution is 2.17. The Morgan fingerprint density at radius 3 is 2.83 bits per heavy atom. The molecule has 0 saturated carbocycles. The number of nitrogens with zero attached hydrogens (tertiary/aromatic N) is 3. The van der Waals surface area contributed by atoms with E-state index in [1.165, 1.54) is 11.8 Å². The highest BCUT2D eigenvalue weighted by atomic mass is 32.2. The molecule has 1 aromatic rings. The molecule has 0 spiro atoms. The lowest BCUT2D eigenvalue weighted by atomic mass is 9.90. The van der Waals surface area contributed by atoms with Crippen molar-refractivity contribution in [1.29, 1.82) is 5.26 Å². The summed E-state index contributed by atoms with van der Waals surface area (Å²) in [5.41, 5.74) is -0.820. The van der Waals surface area contributed by atoms with Crippen molar-refractivity contribution in [3.8, 4) is 6.07 Å². The van der Waals surface area contributed by atoms with Gasteiger partial charge in [0, 0.05) is 19.4 Å². The van der Waals surface area contributed by atoms with Crippen LogP contribution in [0.5, 0.6) is 0 Å². The number of aryl methyl sites for hydroxylation is 1. The van der Waals surface area contributed by atoms with Crippen molar-refractivity contribution >= 4 is 17.7 Å². The summed E-state index contributed by atoms with van der Waals surface area (Å²) in [6.45, 7) is 5.56. The lowest BCUT2D eigenvalue weighted by molar-refractivity contribution is -0.120. The van der Waals surface area contributed by atoms with Gasteiger partial charge < -0.3 is 9.88 Å². The molecule has 6 heteroatoms. The molecule has 0 saturated heterocycles. The summed E-state index contributed by atoms with van der Waals surface area (Å²) in [5.74, 6) is 0.167. The van der Waals surface area contributed by atoms with Crippen molar-refractivity contribution < 1.29 is 4.79 Å². The number of imidazole rings is 1. The van der Waals surface area contributed by atoms with Crippen molar-refractivity contribution in [2.45, 2.75) is 31.5 Å². The fourth-order valence-electron chi connectivity index (χ4n) is 1.25. The Hall–Kier alpha value is -1.48. The number of thioether (sulfide) groups is 1. The number of carbonyl (C=O) groups is 1. The molecule has 0 aliphatic rings. The maximum Gasteiger partial charge on any atom is 0.231 e. The van der Waals surface area contributed by atoms with E-state index in [9.17, 15) is 4.79 Å². The quantitative estimate of drug-likeness (QED) is 0.821. The number of rotatable bonds is 5. The van der Waals surface area contributed by atoms with Crippen LogP contribution in [0, 0.1) is 17.2 Å². The summed E-state index contributed by atoms with van der Waals surface area (Å²) in [7, 11) is 1.88. The molecule has 0 aromatic carbocycles. The fraction of sp³-hybridized carbons (Fsp3) is 0.583. The van der Waals surface area contributed by atoms with Crippen LogP contribution in [-0.4, -0.2) is 26.8 Å². The molecule has 0 aliphatic heterocycles. The van der Waals surface area contributed by atoms with Crippen molar-refractivity contribution in [2.75, 3.05) is 5.75 Å². The molecule has 0 bridgehead atoms. The first-order chi connectivity index (χ1) is 8.39. The van der Waals surface area contributed by atoms with Gasteiger partial charge in [-0.1, -0.05) is 25.6 Å². The number of amides is 1. The van der Waals surface area contributed by atoms with Crippen LogP contribution in [-0.2, 0) is 11.8 Å². The molecule has 5 nitrogen and oxygen atoms in total. The number of nitrogens with one attached hydrogen (secondary N) is 1. The van der Waals surface area contributed by atoms with Crippen LogP contribution >= 0.6 is 11.8 Å². The van der Waals surface area contributed by atoms with Crippen molar-refractivity contribution in [3.63, 3.8) is 0 Å². The average Bonchev–Trinajstić information content (AvgIpc) is 2.72. The molecule has 1 N–H and O–H groups in total. The number of aromatic nitrogens is 2. The van der Waals surface area contributed by atoms with Gasteiger partial charge in [-0.25, -0.2) is 4.98 Å². The number of hydrogen-bond acceptors (Lipinski definition) is 4. The minimum atomic E-state index is -0.820. The molecule has 0 radical (unpaired) electrons. The van der Waals surface area contributed by atoms with E-state index < -0.39 is 5.54 Å². The minimum absolute atomic E-state index is 0.0598. The molecule has 0 fully saturated rings. The lowest BCUT2D eigenvalue weighted by Crippen LogP contribution is -2.49. The first-order valence-electron chi connectivity index (χ1n) is 5.71. The molecular weight excluding hydrogens is 248 g/mol. The van der Waals surface area contributed by atoms with Crippen LogP contribution in [0.15, 0.2) is 17.6 Å². The van der Waals surface area contributed by atoms with E-state index in [1.54, 1.807) is 13.1 Å². The standard InChI is InChI=1S/C12H18N4OS/c1-9(2)12(3,8-13)15-10(17)7-18-11-14-5-6-16(11)4/h5-6,9H,7H2,1-4H3,(H,15,17). The summed E-state index contributed by atoms with van der Waals surface area (Å²) in [4.78, 5) is 15.9. The van der Waals surface area contributed by atoms with E-state index in [1.807, 2.05) is 31.7 Å². The summed E-state index contributed by atoms with van der Waals surface area (Å²) < 4.78 is 1.85. The second kappa shape index (κ2) is 5.91. The fourth-order valence-corrected chi connectivity index (χ4v) is 1.98. The Morgan fingerprint density at radius 2 is 2.39 bits per heavy atom. The van der Waals surface area contributed by atoms with Crippen molar-refractivity contribution in [1.82, 2.24) is 14.9 Å². The maximum absolute atomic E-state index is 11.8. The molecule has 1 rings (SSSR count). The maximum atomic E-state index is 11.8. The van der Waals surface area contributed by atoms with Crippen LogP contribution in [0.4, 0.5) is 0 Å². The summed E-state index contributed by atoms with van der Waals surface area (Å²) in [5, 5.41) is 12.7. The Balaban J connectivity index is 2.53. The Labute approximate surface area is 112 Å². The Morgan fingerprint density at radius 1 is 1.72 bits per heavy atom. The van der Waals surface area contributed by atoms with Gasteiger partial charge in [-0.2, -0.15) is 5.26 Å². The van der Waals surface area contributed by atoms with E-state index in [0.717, 1.165) is 5.16 Å². The first kappa shape index (κ1) is 14.6. The monoisotopic (exact) mass is 266 g/mol. The molecule has 98 valence electrons. The average molecular weight is 266 g/mol. The Kier molecular flexibility index (Phi) is 4.79. The summed E-state index contributed by atoms with van der Waals surface area (Å²) in [6.07, 6.45) is 3.52. The van der Waals surface area contributed by atoms with Gasteiger partial charge in [-0.05, 0) is 12.8 Å². The number of nitriles is 1. The van der Waals surface area contributed by atoms with Gasteiger partial charge in [-0.3, -0.25) is 4.79 Å². The van der Waals surface area contributed by atoms with E-state index in [2.05, 4.69) is 16.4 Å². The normalized spacial score (nSPS) is 14.0. The zero-order chi connectivity index (χ0) is 13.8. The zero-order valence-corrected chi connectivity index (χ0v) is 11.9. The van der Waals surface area contributed by atoms with Crippen LogP contribution in [0.25, 0.3) is 0 Å². The van der Waals surface area contributed by atoms with E-state index in [0.29, 0.717) is 0 Å². The molecule has 1 amide bonds. The van der Waals surface area contributed by atoms with Gasteiger partial charge >= 0.3 is 0 Å². The molecular formula is C12H18N4OS. The van der Waals surface area contributed by atoms with Gasteiger partial charge in [0.1, 0.15) is 5.54 Å². The van der Waals surface area contributed by atoms with Crippen LogP contribution in [0.2, 0.25) is 0 Å². The van der Waals surface area contributed by atoms with E-state index in [4.69, 9.17) is 5.26 Å². The lowest BCUT2D eigenvalue weighted by Gasteiger charge is -2.27. The summed E-state index contributed by atoms with van der Waals surface area (Å²) >= 11 is 1.36. The van der Waals surface area contributed by atoms with Crippen LogP contribution in [0.3, 0.4) is 0 Å². The summed E-state index contributed by atoms with van der Waals surface area (Å²) in [6, 6.07) is 2.15. The molecule has 1 unspecified atom stereocenters. The second-order valence-electron chi connectivity index (χ2n) is 4.63. The van der Waals surface area contributed by atoms with E-state index >= 15 is 0 Å². The van der Waals surface area contributed by atoms with Crippen LogP contribution in [0.1, 0.15) is 20.8 Å². The third-order valence-corrected chi connectivity index (χ3v) is 3.95. The van der Waals surface area contributed by atoms with Crippen LogP contribution < -0.4 is 5.32 Å². The SMILES string of the molecule is CC(C)C(C)(C#N)NC(=O)CSc1nccn1C. The van der Waals surface area contributed by atoms with Crippen molar-refractivity contribution in [2.24, 2.45) is 13.0 Å². The topological polar surface area (TPSA) is 70.7 Å². The number of carbonyl (C=O) groups excluding carboxylic acids is 1. The van der Waals surface area contributed by atoms with Crippen molar-refractivity contribution in [3.05, 3.63) is 12.4 Å². The number of hydrogen-bond donors (Lipinski definition) is 1. The van der Waals surface area contributed by atoms with Gasteiger partial charge in [0.05, 0.1) is 11.8 Å². The minimum Gasteiger partial charge on any atom is -0.337 e. The predicted molar refractivity (Wildman–Crippen MR) is 70.9 cm³/mol. The van der Waals surface area contributed by atoms with Gasteiger partial charge in [0.2, 0.25) is 5.91 Å². The third-order valence-electron chi connectivity index (χ3n) is 2.90. The van der Waals surface area contributed by atoms with Gasteiger partial charge in [0.25, 0.3) is 0 Å². The largest absolute Gasteiger partial charge is 0.337 e. The van der Waals surface area contributed by atoms with Gasteiger partial charge in [-0.15, -0.1) is 0 Å². The smallest absolute Gasteiger partial charge is 0.231 e. The molecule has 18 heavy (non-hydrogen) atoms. The predicted octanol–water partition coefficient (Wildman–Crippen LogP) is 1.57. The zero-order valence-electron chi connectivity index (χ0n) is 11.1. The second-order valence-corrected chi connectivity index (χ2v) is 5.57. The van der Waals surface area contributed by atoms with E-state index in [-0.39, 0.29) is 17.6 Å².